The minimum atomic E-state index is -0.820. The number of rotatable bonds is 4. The maximum atomic E-state index is 11.8. The molecule has 2 aromatic rings. The highest BCUT2D eigenvalue weighted by Crippen LogP contribution is 2.27. The van der Waals surface area contributed by atoms with Crippen molar-refractivity contribution < 1.29 is 19.2 Å². The number of carbonyl (C=O) groups is 2. The zero-order chi connectivity index (χ0) is 17.7. The molecular formula is C15H12ClN3O5. The smallest absolute Gasteiger partial charge is 0.410 e. The molecule has 0 aliphatic heterocycles. The minimum Gasteiger partial charge on any atom is -0.410 e. The van der Waals surface area contributed by atoms with Gasteiger partial charge in [0.15, 0.2) is 0 Å². The van der Waals surface area contributed by atoms with Gasteiger partial charge < -0.3 is 10.1 Å². The number of ether oxygens (including phenoxy) is 1. The first kappa shape index (κ1) is 17.2. The van der Waals surface area contributed by atoms with Crippen molar-refractivity contribution in [2.24, 2.45) is 0 Å². The second kappa shape index (κ2) is 7.42. The quantitative estimate of drug-likeness (QED) is 0.644. The zero-order valence-electron chi connectivity index (χ0n) is 12.4. The number of carbonyl (C=O) groups excluding carboxylic acids is 2. The molecule has 0 radical (unpaired) electrons. The van der Waals surface area contributed by atoms with E-state index in [4.69, 9.17) is 16.3 Å². The monoisotopic (exact) mass is 349 g/mol. The highest BCUT2D eigenvalue weighted by atomic mass is 35.5. The number of benzene rings is 2. The molecular weight excluding hydrogens is 338 g/mol. The predicted octanol–water partition coefficient (Wildman–Crippen LogP) is 3.82. The lowest BCUT2D eigenvalue weighted by Gasteiger charge is -2.08. The molecule has 2 aromatic carbocycles. The van der Waals surface area contributed by atoms with E-state index in [1.165, 1.54) is 31.2 Å². The van der Waals surface area contributed by atoms with Crippen molar-refractivity contribution in [2.45, 2.75) is 6.92 Å². The van der Waals surface area contributed by atoms with Crippen LogP contribution in [-0.2, 0) is 4.79 Å². The van der Waals surface area contributed by atoms with Crippen molar-refractivity contribution in [3.8, 4) is 5.75 Å². The summed E-state index contributed by atoms with van der Waals surface area (Å²) in [7, 11) is 0. The van der Waals surface area contributed by atoms with Gasteiger partial charge in [-0.05, 0) is 36.4 Å². The van der Waals surface area contributed by atoms with Gasteiger partial charge >= 0.3 is 6.09 Å². The summed E-state index contributed by atoms with van der Waals surface area (Å²) in [5.74, 6) is 0.0239. The third-order valence-corrected chi connectivity index (χ3v) is 3.09. The van der Waals surface area contributed by atoms with Crippen LogP contribution in [0.5, 0.6) is 5.75 Å². The summed E-state index contributed by atoms with van der Waals surface area (Å²) in [6, 6.07) is 9.97. The topological polar surface area (TPSA) is 111 Å². The van der Waals surface area contributed by atoms with Crippen LogP contribution < -0.4 is 15.4 Å². The van der Waals surface area contributed by atoms with E-state index in [2.05, 4.69) is 10.6 Å². The standard InChI is InChI=1S/C15H12ClN3O5/c1-9(20)17-10-2-5-12(6-3-10)24-15(21)18-11-4-7-13(16)14(8-11)19(22)23/h2-8H,1H3,(H,17,20)(H,18,21). The first-order valence-electron chi connectivity index (χ1n) is 6.65. The van der Waals surface area contributed by atoms with Gasteiger partial charge in [-0.15, -0.1) is 0 Å². The lowest BCUT2D eigenvalue weighted by molar-refractivity contribution is -0.384. The van der Waals surface area contributed by atoms with Crippen molar-refractivity contribution in [1.82, 2.24) is 0 Å². The van der Waals surface area contributed by atoms with Crippen molar-refractivity contribution in [2.75, 3.05) is 10.6 Å². The Hall–Kier alpha value is -3.13. The molecule has 0 atom stereocenters. The fourth-order valence-electron chi connectivity index (χ4n) is 1.79. The molecule has 2 rings (SSSR count). The van der Waals surface area contributed by atoms with Crippen LogP contribution in [0.4, 0.5) is 21.9 Å². The summed E-state index contributed by atoms with van der Waals surface area (Å²) >= 11 is 5.69. The molecule has 2 amide bonds. The molecule has 2 N–H and O–H groups in total. The maximum Gasteiger partial charge on any atom is 0.417 e. The Bertz CT molecular complexity index is 792. The highest BCUT2D eigenvalue weighted by Gasteiger charge is 2.14. The Morgan fingerprint density at radius 1 is 1.08 bits per heavy atom. The summed E-state index contributed by atoms with van der Waals surface area (Å²) < 4.78 is 5.04. The SMILES string of the molecule is CC(=O)Nc1ccc(OC(=O)Nc2ccc(Cl)c([N+](=O)[O-])c2)cc1. The maximum absolute atomic E-state index is 11.8. The molecule has 24 heavy (non-hydrogen) atoms. The third kappa shape index (κ3) is 4.68. The van der Waals surface area contributed by atoms with Crippen LogP contribution in [0.15, 0.2) is 42.5 Å². The third-order valence-electron chi connectivity index (χ3n) is 2.77. The summed E-state index contributed by atoms with van der Waals surface area (Å²) in [6.07, 6.45) is -0.820. The lowest BCUT2D eigenvalue weighted by Crippen LogP contribution is -2.16. The average molecular weight is 350 g/mol. The number of nitrogens with one attached hydrogen (secondary N) is 2. The summed E-state index contributed by atoms with van der Waals surface area (Å²) in [4.78, 5) is 32.9. The van der Waals surface area contributed by atoms with Gasteiger partial charge in [0.05, 0.1) is 10.6 Å². The number of nitro groups is 1. The van der Waals surface area contributed by atoms with Crippen LogP contribution >= 0.6 is 11.6 Å². The van der Waals surface area contributed by atoms with Crippen LogP contribution in [0.3, 0.4) is 0 Å². The van der Waals surface area contributed by atoms with Gasteiger partial charge in [-0.2, -0.15) is 0 Å². The molecule has 8 nitrogen and oxygen atoms in total. The van der Waals surface area contributed by atoms with E-state index < -0.39 is 11.0 Å². The molecule has 0 heterocycles. The van der Waals surface area contributed by atoms with Gasteiger partial charge in [0.25, 0.3) is 5.69 Å². The largest absolute Gasteiger partial charge is 0.417 e. The molecule has 0 bridgehead atoms. The molecule has 0 aliphatic carbocycles. The van der Waals surface area contributed by atoms with Crippen LogP contribution in [-0.4, -0.2) is 16.9 Å². The van der Waals surface area contributed by atoms with Crippen molar-refractivity contribution in [1.29, 1.82) is 0 Å². The Morgan fingerprint density at radius 2 is 1.71 bits per heavy atom. The molecule has 0 aliphatic rings. The molecule has 0 saturated heterocycles. The van der Waals surface area contributed by atoms with Crippen molar-refractivity contribution >= 4 is 40.7 Å². The molecule has 0 spiro atoms. The van der Waals surface area contributed by atoms with Crippen molar-refractivity contribution in [3.63, 3.8) is 0 Å². The van der Waals surface area contributed by atoms with E-state index in [9.17, 15) is 19.7 Å². The number of amides is 2. The van der Waals surface area contributed by atoms with Crippen LogP contribution in [0.25, 0.3) is 0 Å². The lowest BCUT2D eigenvalue weighted by atomic mass is 10.3. The van der Waals surface area contributed by atoms with Gasteiger partial charge in [-0.1, -0.05) is 11.6 Å². The first-order chi connectivity index (χ1) is 11.3. The second-order valence-electron chi connectivity index (χ2n) is 4.64. The highest BCUT2D eigenvalue weighted by molar-refractivity contribution is 6.32. The first-order valence-corrected chi connectivity index (χ1v) is 7.03. The number of hydrogen-bond donors (Lipinski definition) is 2. The van der Waals surface area contributed by atoms with Gasteiger partial charge in [0, 0.05) is 18.7 Å². The Morgan fingerprint density at radius 3 is 2.29 bits per heavy atom. The van der Waals surface area contributed by atoms with E-state index in [0.717, 1.165) is 6.07 Å². The molecule has 0 aromatic heterocycles. The summed E-state index contributed by atoms with van der Waals surface area (Å²) in [5.41, 5.74) is 0.406. The van der Waals surface area contributed by atoms with Gasteiger partial charge in [-0.25, -0.2) is 4.79 Å². The Balaban J connectivity index is 2.02. The number of hydrogen-bond acceptors (Lipinski definition) is 5. The summed E-state index contributed by atoms with van der Waals surface area (Å²) in [6.45, 7) is 1.38. The van der Waals surface area contributed by atoms with Crippen LogP contribution in [0.1, 0.15) is 6.92 Å². The van der Waals surface area contributed by atoms with E-state index in [1.807, 2.05) is 0 Å². The van der Waals surface area contributed by atoms with Gasteiger partial charge in [0.2, 0.25) is 5.91 Å². The fourth-order valence-corrected chi connectivity index (χ4v) is 1.98. The number of halogens is 1. The summed E-state index contributed by atoms with van der Waals surface area (Å²) in [5, 5.41) is 15.7. The predicted molar refractivity (Wildman–Crippen MR) is 88.5 cm³/mol. The van der Waals surface area contributed by atoms with Gasteiger partial charge in [-0.3, -0.25) is 20.2 Å². The molecule has 0 fully saturated rings. The average Bonchev–Trinajstić information content (AvgIpc) is 2.50. The Kier molecular flexibility index (Phi) is 5.33. The van der Waals surface area contributed by atoms with Crippen LogP contribution in [0, 0.1) is 10.1 Å². The van der Waals surface area contributed by atoms with E-state index in [-0.39, 0.29) is 28.1 Å². The molecule has 0 unspecified atom stereocenters. The van der Waals surface area contributed by atoms with Crippen LogP contribution in [0.2, 0.25) is 5.02 Å². The van der Waals surface area contributed by atoms with E-state index >= 15 is 0 Å². The molecule has 9 heteroatoms. The van der Waals surface area contributed by atoms with Gasteiger partial charge in [0.1, 0.15) is 10.8 Å². The second-order valence-corrected chi connectivity index (χ2v) is 5.05. The fraction of sp³-hybridized carbons (Fsp3) is 0.0667. The molecule has 0 saturated carbocycles. The number of nitro benzene ring substituents is 1. The number of nitrogens with zero attached hydrogens (tertiary/aromatic N) is 1. The van der Waals surface area contributed by atoms with Crippen molar-refractivity contribution in [3.05, 3.63) is 57.6 Å². The Labute approximate surface area is 141 Å². The zero-order valence-corrected chi connectivity index (χ0v) is 13.2. The normalized spacial score (nSPS) is 9.92. The van der Waals surface area contributed by atoms with E-state index in [0.29, 0.717) is 5.69 Å². The van der Waals surface area contributed by atoms with E-state index in [1.54, 1.807) is 12.1 Å². The number of anilines is 2. The molecule has 124 valence electrons. The minimum absolute atomic E-state index is 0.0347.